The second kappa shape index (κ2) is 6.00. The molecule has 0 spiro atoms. The van der Waals surface area contributed by atoms with Crippen LogP contribution >= 0.6 is 0 Å². The molecule has 0 N–H and O–H groups in total. The number of carbonyl (C=O) groups is 1. The fourth-order valence-corrected chi connectivity index (χ4v) is 2.98. The lowest BCUT2D eigenvalue weighted by Gasteiger charge is -2.26. The summed E-state index contributed by atoms with van der Waals surface area (Å²) >= 11 is 0. The highest BCUT2D eigenvalue weighted by Crippen LogP contribution is 2.31. The third-order valence-corrected chi connectivity index (χ3v) is 4.12. The van der Waals surface area contributed by atoms with E-state index < -0.39 is 0 Å². The Bertz CT molecular complexity index is 556. The third kappa shape index (κ3) is 2.87. The lowest BCUT2D eigenvalue weighted by Crippen LogP contribution is -2.20. The van der Waals surface area contributed by atoms with Gasteiger partial charge in [0, 0.05) is 20.2 Å². The van der Waals surface area contributed by atoms with Crippen LogP contribution in [0.5, 0.6) is 0 Å². The summed E-state index contributed by atoms with van der Waals surface area (Å²) < 4.78 is 11.1. The Balaban J connectivity index is 2.05. The van der Waals surface area contributed by atoms with Crippen molar-refractivity contribution in [1.82, 2.24) is 4.90 Å². The van der Waals surface area contributed by atoms with Gasteiger partial charge in [0.2, 0.25) is 5.91 Å². The Hall–Kier alpha value is -1.65. The molecule has 0 saturated carbocycles. The first-order valence-electron chi connectivity index (χ1n) is 7.38. The lowest BCUT2D eigenvalue weighted by molar-refractivity contribution is -0.123. The second-order valence-electron chi connectivity index (χ2n) is 5.74. The lowest BCUT2D eigenvalue weighted by atomic mass is 9.87. The number of amides is 1. The first-order chi connectivity index (χ1) is 10.2. The molecule has 0 bridgehead atoms. The highest BCUT2D eigenvalue weighted by molar-refractivity contribution is 5.92. The molecule has 0 aliphatic carbocycles. The minimum Gasteiger partial charge on any atom is -0.376 e. The van der Waals surface area contributed by atoms with E-state index in [-0.39, 0.29) is 5.91 Å². The van der Waals surface area contributed by atoms with Crippen LogP contribution in [0, 0.1) is 0 Å². The summed E-state index contributed by atoms with van der Waals surface area (Å²) in [5.41, 5.74) is 6.36. The molecule has 4 nitrogen and oxygen atoms in total. The molecule has 2 aliphatic heterocycles. The molecule has 1 amide bonds. The van der Waals surface area contributed by atoms with Gasteiger partial charge in [-0.05, 0) is 46.7 Å². The maximum atomic E-state index is 11.8. The smallest absolute Gasteiger partial charge is 0.246 e. The van der Waals surface area contributed by atoms with Crippen molar-refractivity contribution in [3.05, 3.63) is 40.0 Å². The van der Waals surface area contributed by atoms with Crippen molar-refractivity contribution in [1.29, 1.82) is 0 Å². The van der Waals surface area contributed by atoms with Crippen LogP contribution in [-0.2, 0) is 40.3 Å². The van der Waals surface area contributed by atoms with E-state index in [2.05, 4.69) is 6.07 Å². The Kier molecular flexibility index (Phi) is 4.08. The van der Waals surface area contributed by atoms with Gasteiger partial charge in [0.05, 0.1) is 26.4 Å². The molecule has 1 aromatic rings. The maximum absolute atomic E-state index is 11.8. The number of rotatable bonds is 2. The summed E-state index contributed by atoms with van der Waals surface area (Å²) in [4.78, 5) is 13.4. The first-order valence-corrected chi connectivity index (χ1v) is 7.38. The van der Waals surface area contributed by atoms with Gasteiger partial charge in [-0.2, -0.15) is 0 Å². The van der Waals surface area contributed by atoms with Crippen molar-refractivity contribution >= 4 is 12.0 Å². The van der Waals surface area contributed by atoms with Crippen molar-refractivity contribution in [2.24, 2.45) is 0 Å². The SMILES string of the molecule is CN(C)C(=O)/C=C/c1c2c(cc3c1CCOC3)COCC2. The Labute approximate surface area is 125 Å². The molecular formula is C17H21NO3. The summed E-state index contributed by atoms with van der Waals surface area (Å²) in [5, 5.41) is 0. The number of hydrogen-bond donors (Lipinski definition) is 0. The molecule has 1 aromatic carbocycles. The van der Waals surface area contributed by atoms with Crippen LogP contribution in [0.4, 0.5) is 0 Å². The van der Waals surface area contributed by atoms with Gasteiger partial charge in [-0.1, -0.05) is 6.07 Å². The van der Waals surface area contributed by atoms with Gasteiger partial charge in [-0.15, -0.1) is 0 Å². The van der Waals surface area contributed by atoms with Crippen molar-refractivity contribution in [2.75, 3.05) is 27.3 Å². The van der Waals surface area contributed by atoms with E-state index in [0.29, 0.717) is 13.2 Å². The van der Waals surface area contributed by atoms with E-state index in [1.807, 2.05) is 6.08 Å². The molecule has 0 saturated heterocycles. The monoisotopic (exact) mass is 287 g/mol. The minimum atomic E-state index is 0.0143. The zero-order valence-corrected chi connectivity index (χ0v) is 12.6. The molecule has 2 aliphatic rings. The van der Waals surface area contributed by atoms with Crippen LogP contribution in [0.3, 0.4) is 0 Å². The summed E-state index contributed by atoms with van der Waals surface area (Å²) in [6, 6.07) is 2.22. The van der Waals surface area contributed by atoms with Gasteiger partial charge in [0.25, 0.3) is 0 Å². The van der Waals surface area contributed by atoms with Gasteiger partial charge in [-0.3, -0.25) is 4.79 Å². The second-order valence-corrected chi connectivity index (χ2v) is 5.74. The Morgan fingerprint density at radius 2 is 1.67 bits per heavy atom. The number of likely N-dealkylation sites (N-methyl/N-ethyl adjacent to an activating group) is 1. The summed E-state index contributed by atoms with van der Waals surface area (Å²) in [6.07, 6.45) is 5.48. The van der Waals surface area contributed by atoms with Gasteiger partial charge in [0.15, 0.2) is 0 Å². The fraction of sp³-hybridized carbons (Fsp3) is 0.471. The average molecular weight is 287 g/mol. The predicted molar refractivity (Wildman–Crippen MR) is 80.9 cm³/mol. The molecule has 0 aromatic heterocycles. The Morgan fingerprint density at radius 3 is 2.19 bits per heavy atom. The average Bonchev–Trinajstić information content (AvgIpc) is 2.51. The molecule has 0 unspecified atom stereocenters. The molecule has 4 heteroatoms. The van der Waals surface area contributed by atoms with Gasteiger partial charge in [0.1, 0.15) is 0 Å². The van der Waals surface area contributed by atoms with E-state index in [1.54, 1.807) is 25.1 Å². The number of fused-ring (bicyclic) bond motifs is 2. The van der Waals surface area contributed by atoms with E-state index >= 15 is 0 Å². The highest BCUT2D eigenvalue weighted by atomic mass is 16.5. The normalized spacial score (nSPS) is 17.4. The maximum Gasteiger partial charge on any atom is 0.246 e. The van der Waals surface area contributed by atoms with Crippen molar-refractivity contribution < 1.29 is 14.3 Å². The summed E-state index contributed by atoms with van der Waals surface area (Å²) in [7, 11) is 3.54. The number of hydrogen-bond acceptors (Lipinski definition) is 3. The summed E-state index contributed by atoms with van der Waals surface area (Å²) in [5.74, 6) is 0.0143. The minimum absolute atomic E-state index is 0.0143. The largest absolute Gasteiger partial charge is 0.376 e. The molecule has 112 valence electrons. The van der Waals surface area contributed by atoms with Crippen molar-refractivity contribution in [3.63, 3.8) is 0 Å². The molecule has 0 radical (unpaired) electrons. The van der Waals surface area contributed by atoms with Crippen LogP contribution < -0.4 is 0 Å². The van der Waals surface area contributed by atoms with Crippen LogP contribution in [0.15, 0.2) is 12.1 Å². The highest BCUT2D eigenvalue weighted by Gasteiger charge is 2.21. The van der Waals surface area contributed by atoms with Crippen molar-refractivity contribution in [3.8, 4) is 0 Å². The quantitative estimate of drug-likeness (QED) is 0.780. The van der Waals surface area contributed by atoms with E-state index in [1.165, 1.54) is 27.8 Å². The first kappa shape index (κ1) is 14.3. The topological polar surface area (TPSA) is 38.8 Å². The molecule has 21 heavy (non-hydrogen) atoms. The number of ether oxygens (including phenoxy) is 2. The third-order valence-electron chi connectivity index (χ3n) is 4.12. The molecule has 0 atom stereocenters. The Morgan fingerprint density at radius 1 is 1.10 bits per heavy atom. The van der Waals surface area contributed by atoms with Crippen LogP contribution in [0.1, 0.15) is 27.8 Å². The molecule has 2 heterocycles. The standard InChI is InChI=1S/C17H21NO3/c1-18(2)17(19)4-3-16-14-5-7-20-10-12(14)9-13-11-21-8-6-15(13)16/h3-4,9H,5-8,10-11H2,1-2H3/b4-3+. The molecular weight excluding hydrogens is 266 g/mol. The fourth-order valence-electron chi connectivity index (χ4n) is 2.98. The van der Waals surface area contributed by atoms with Crippen LogP contribution in [0.2, 0.25) is 0 Å². The van der Waals surface area contributed by atoms with E-state index in [0.717, 1.165) is 26.1 Å². The number of carbonyl (C=O) groups excluding carboxylic acids is 1. The van der Waals surface area contributed by atoms with E-state index in [9.17, 15) is 4.79 Å². The van der Waals surface area contributed by atoms with Crippen molar-refractivity contribution in [2.45, 2.75) is 26.1 Å². The van der Waals surface area contributed by atoms with Crippen LogP contribution in [-0.4, -0.2) is 38.1 Å². The molecule has 0 fully saturated rings. The van der Waals surface area contributed by atoms with Crippen LogP contribution in [0.25, 0.3) is 6.08 Å². The summed E-state index contributed by atoms with van der Waals surface area (Å²) in [6.45, 7) is 2.83. The zero-order valence-electron chi connectivity index (χ0n) is 12.6. The van der Waals surface area contributed by atoms with E-state index in [4.69, 9.17) is 9.47 Å². The van der Waals surface area contributed by atoms with Gasteiger partial charge < -0.3 is 14.4 Å². The predicted octanol–water partition coefficient (Wildman–Crippen LogP) is 1.93. The van der Waals surface area contributed by atoms with Gasteiger partial charge in [-0.25, -0.2) is 0 Å². The number of nitrogens with zero attached hydrogens (tertiary/aromatic N) is 1. The van der Waals surface area contributed by atoms with Gasteiger partial charge >= 0.3 is 0 Å². The zero-order chi connectivity index (χ0) is 14.8. The molecule has 3 rings (SSSR count). The number of benzene rings is 1.